The summed E-state index contributed by atoms with van der Waals surface area (Å²) >= 11 is 0. The van der Waals surface area contributed by atoms with Gasteiger partial charge in [-0.2, -0.15) is 0 Å². The SMILES string of the molecule is NC(=O)CCNC[C@H](Cc1ccc(O)cc1)NC[C@H](Cc1ccc(O)cc1)NC[C@H](Cc1ccc(O)cc1)NC[C@H](Cc1ccc(O)cc1)NC[C@H](N)Cc1ccc([OH2+])cc1. The molecule has 13 nitrogen and oxygen atoms in total. The van der Waals surface area contributed by atoms with Crippen LogP contribution in [0.2, 0.25) is 0 Å². The summed E-state index contributed by atoms with van der Waals surface area (Å²) in [5, 5.41) is 66.2. The van der Waals surface area contributed by atoms with Gasteiger partial charge in [0.05, 0.1) is 0 Å². The molecule has 5 aromatic rings. The van der Waals surface area contributed by atoms with E-state index in [1.165, 1.54) is 0 Å². The Kier molecular flexibility index (Phi) is 18.7. The maximum atomic E-state index is 11.4. The average Bonchev–Trinajstić information content (AvgIpc) is 3.24. The van der Waals surface area contributed by atoms with Crippen molar-refractivity contribution in [3.8, 4) is 28.7 Å². The van der Waals surface area contributed by atoms with Crippen molar-refractivity contribution < 1.29 is 30.3 Å². The zero-order chi connectivity index (χ0) is 43.4. The van der Waals surface area contributed by atoms with Crippen LogP contribution in [-0.4, -0.2) is 101 Å². The van der Waals surface area contributed by atoms with E-state index in [-0.39, 0.29) is 65.5 Å². The first-order valence-electron chi connectivity index (χ1n) is 21.1. The summed E-state index contributed by atoms with van der Waals surface area (Å²) < 4.78 is 0. The van der Waals surface area contributed by atoms with Crippen LogP contribution in [0, 0.1) is 0 Å². The monoisotopic (exact) mass is 834 g/mol. The van der Waals surface area contributed by atoms with E-state index < -0.39 is 0 Å². The normalized spacial score (nSPS) is 13.9. The minimum absolute atomic E-state index is 0.00240. The van der Waals surface area contributed by atoms with Gasteiger partial charge in [-0.1, -0.05) is 48.5 Å². The predicted octanol–water partition coefficient (Wildman–Crippen LogP) is 3.09. The molecular formula is C48H64N7O6+. The van der Waals surface area contributed by atoms with Crippen molar-refractivity contribution in [3.05, 3.63) is 149 Å². The van der Waals surface area contributed by atoms with E-state index in [0.717, 1.165) is 27.8 Å². The second kappa shape index (κ2) is 24.6. The number of primary amides is 1. The number of carbonyl (C=O) groups excluding carboxylic acids is 1. The zero-order valence-electron chi connectivity index (χ0n) is 34.8. The zero-order valence-corrected chi connectivity index (χ0v) is 34.8. The van der Waals surface area contributed by atoms with Crippen LogP contribution in [0.5, 0.6) is 28.7 Å². The van der Waals surface area contributed by atoms with Crippen LogP contribution < -0.4 is 38.1 Å². The average molecular weight is 835 g/mol. The number of aromatic hydroxyl groups is 4. The van der Waals surface area contributed by atoms with Crippen LogP contribution in [0.15, 0.2) is 121 Å². The maximum absolute atomic E-state index is 11.4. The van der Waals surface area contributed by atoms with Gasteiger partial charge in [-0.3, -0.25) is 4.79 Å². The van der Waals surface area contributed by atoms with Gasteiger partial charge in [-0.05, 0) is 121 Å². The summed E-state index contributed by atoms with van der Waals surface area (Å²) in [4.78, 5) is 11.4. The molecule has 326 valence electrons. The second-order valence-corrected chi connectivity index (χ2v) is 16.0. The lowest BCUT2D eigenvalue weighted by atomic mass is 10.0. The molecule has 61 heavy (non-hydrogen) atoms. The van der Waals surface area contributed by atoms with E-state index in [9.17, 15) is 25.2 Å². The van der Waals surface area contributed by atoms with Crippen LogP contribution in [0.1, 0.15) is 34.2 Å². The molecule has 5 aromatic carbocycles. The Hall–Kier alpha value is -5.67. The predicted molar refractivity (Wildman–Crippen MR) is 242 cm³/mol. The lowest BCUT2D eigenvalue weighted by molar-refractivity contribution is -0.117. The van der Waals surface area contributed by atoms with Gasteiger partial charge in [0.25, 0.3) is 5.75 Å². The Labute approximate surface area is 359 Å². The van der Waals surface area contributed by atoms with E-state index >= 15 is 0 Å². The summed E-state index contributed by atoms with van der Waals surface area (Å²) in [7, 11) is 0. The molecule has 0 fully saturated rings. The number of hydrogen-bond acceptors (Lipinski definition) is 11. The maximum Gasteiger partial charge on any atom is 0.253 e. The minimum Gasteiger partial charge on any atom is -0.593 e. The van der Waals surface area contributed by atoms with E-state index in [1.807, 2.05) is 60.7 Å². The van der Waals surface area contributed by atoms with Gasteiger partial charge in [-0.15, -0.1) is 0 Å². The quantitative estimate of drug-likeness (QED) is 0.0272. The van der Waals surface area contributed by atoms with Gasteiger partial charge < -0.3 is 63.6 Å². The molecule has 0 radical (unpaired) electrons. The lowest BCUT2D eigenvalue weighted by Crippen LogP contribution is -2.53. The Morgan fingerprint density at radius 2 is 0.754 bits per heavy atom. The fourth-order valence-corrected chi connectivity index (χ4v) is 7.28. The molecule has 0 aliphatic heterocycles. The molecule has 13 heteroatoms. The van der Waals surface area contributed by atoms with Gasteiger partial charge in [0, 0.05) is 88.0 Å². The highest BCUT2D eigenvalue weighted by atomic mass is 16.3. The highest BCUT2D eigenvalue weighted by Gasteiger charge is 2.20. The molecule has 0 aliphatic rings. The van der Waals surface area contributed by atoms with Gasteiger partial charge >= 0.3 is 0 Å². The summed E-state index contributed by atoms with van der Waals surface area (Å²) in [6.07, 6.45) is 3.69. The van der Waals surface area contributed by atoms with Crippen molar-refractivity contribution in [1.82, 2.24) is 26.6 Å². The number of rotatable bonds is 27. The van der Waals surface area contributed by atoms with Gasteiger partial charge in [0.2, 0.25) is 5.91 Å². The van der Waals surface area contributed by atoms with Gasteiger partial charge in [0.15, 0.2) is 0 Å². The standard InChI is InChI=1S/C48H63N7O6/c49-38(23-33-1-11-43(56)12-2-33)28-52-40(25-35-5-15-45(58)16-6-35)30-54-42(27-37-9-19-47(60)20-10-37)32-55-41(26-36-7-17-46(59)18-8-36)31-53-39(29-51-22-21-48(50)61)24-34-3-13-44(57)14-4-34/h1-20,38-42,51-60H,21-32,49H2,(H2,50,61)/p+1/t38-,39+,40+,41+,42+/m1/s1. The Balaban J connectivity index is 1.30. The van der Waals surface area contributed by atoms with Crippen molar-refractivity contribution in [2.75, 3.05) is 39.3 Å². The summed E-state index contributed by atoms with van der Waals surface area (Å²) in [6, 6.07) is 36.3. The number of phenols is 4. The molecule has 0 unspecified atom stereocenters. The number of nitrogens with two attached hydrogens (primary N) is 2. The summed E-state index contributed by atoms with van der Waals surface area (Å²) in [6.45, 7) is 3.50. The molecule has 5 rings (SSSR count). The Morgan fingerprint density at radius 1 is 0.459 bits per heavy atom. The van der Waals surface area contributed by atoms with Crippen molar-refractivity contribution >= 4 is 5.91 Å². The topological polar surface area (TPSA) is 233 Å². The fraction of sp³-hybridized carbons (Fsp3) is 0.354. The third-order valence-electron chi connectivity index (χ3n) is 10.7. The lowest BCUT2D eigenvalue weighted by Gasteiger charge is -2.29. The first-order valence-corrected chi connectivity index (χ1v) is 21.1. The van der Waals surface area contributed by atoms with Crippen LogP contribution >= 0.6 is 0 Å². The van der Waals surface area contributed by atoms with E-state index in [4.69, 9.17) is 16.6 Å². The van der Waals surface area contributed by atoms with Crippen molar-refractivity contribution in [3.63, 3.8) is 0 Å². The summed E-state index contributed by atoms with van der Waals surface area (Å²) in [5.41, 5.74) is 17.4. The first kappa shape index (κ1) is 46.4. The van der Waals surface area contributed by atoms with E-state index in [1.54, 1.807) is 60.7 Å². The molecule has 1 amide bonds. The van der Waals surface area contributed by atoms with E-state index in [0.29, 0.717) is 77.1 Å². The van der Waals surface area contributed by atoms with Crippen molar-refractivity contribution in [2.45, 2.75) is 68.7 Å². The van der Waals surface area contributed by atoms with Crippen LogP contribution in [0.25, 0.3) is 0 Å². The second-order valence-electron chi connectivity index (χ2n) is 16.0. The molecule has 0 spiro atoms. The van der Waals surface area contributed by atoms with Crippen LogP contribution in [-0.2, 0) is 36.9 Å². The van der Waals surface area contributed by atoms with Crippen LogP contribution in [0.4, 0.5) is 0 Å². The number of phenolic OH excluding ortho intramolecular Hbond substituents is 4. The Morgan fingerprint density at radius 3 is 1.10 bits per heavy atom. The molecule has 0 saturated heterocycles. The number of amides is 1. The molecular weight excluding hydrogens is 771 g/mol. The minimum atomic E-state index is -0.359. The van der Waals surface area contributed by atoms with E-state index in [2.05, 4.69) is 26.6 Å². The highest BCUT2D eigenvalue weighted by molar-refractivity contribution is 5.73. The molecule has 0 aromatic heterocycles. The number of carbonyl (C=O) groups is 1. The van der Waals surface area contributed by atoms with Crippen molar-refractivity contribution in [2.24, 2.45) is 11.5 Å². The number of nitrogens with one attached hydrogen (secondary N) is 5. The molecule has 15 N–H and O–H groups in total. The Bertz CT molecular complexity index is 2000. The highest BCUT2D eigenvalue weighted by Crippen LogP contribution is 2.16. The molecule has 0 heterocycles. The smallest absolute Gasteiger partial charge is 0.253 e. The fourth-order valence-electron chi connectivity index (χ4n) is 7.28. The molecule has 0 saturated carbocycles. The van der Waals surface area contributed by atoms with Crippen LogP contribution in [0.3, 0.4) is 0 Å². The molecule has 0 aliphatic carbocycles. The van der Waals surface area contributed by atoms with Gasteiger partial charge in [-0.25, -0.2) is 0 Å². The largest absolute Gasteiger partial charge is 0.593 e. The molecule has 5 atom stereocenters. The van der Waals surface area contributed by atoms with Crippen molar-refractivity contribution in [1.29, 1.82) is 0 Å². The number of hydrogen-bond donors (Lipinski definition) is 11. The number of benzene rings is 5. The van der Waals surface area contributed by atoms with Gasteiger partial charge in [0.1, 0.15) is 23.0 Å². The molecule has 0 bridgehead atoms. The third kappa shape index (κ3) is 17.8. The summed E-state index contributed by atoms with van der Waals surface area (Å²) in [5.74, 6) is 0.954. The first-order chi connectivity index (χ1) is 29.4. The third-order valence-corrected chi connectivity index (χ3v) is 10.7.